The number of anilines is 2. The minimum absolute atomic E-state index is 0.0643. The average molecular weight is 710 g/mol. The van der Waals surface area contributed by atoms with Crippen LogP contribution in [-0.2, 0) is 5.67 Å². The Balaban J connectivity index is 1.97. The summed E-state index contributed by atoms with van der Waals surface area (Å²) in [5.41, 5.74) is -9.03. The summed E-state index contributed by atoms with van der Waals surface area (Å²) in [4.78, 5) is 30.2. The summed E-state index contributed by atoms with van der Waals surface area (Å²) >= 11 is 11.4. The maximum Gasteiger partial charge on any atom is 0.435 e. The maximum atomic E-state index is 15.3. The highest BCUT2D eigenvalue weighted by Gasteiger charge is 2.73. The summed E-state index contributed by atoms with van der Waals surface area (Å²) in [7, 11) is 1.20. The number of benzene rings is 2. The van der Waals surface area contributed by atoms with E-state index in [1.807, 2.05) is 0 Å². The predicted molar refractivity (Wildman–Crippen MR) is 133 cm³/mol. The third-order valence-corrected chi connectivity index (χ3v) is 6.89. The van der Waals surface area contributed by atoms with E-state index in [1.54, 1.807) is 0 Å². The van der Waals surface area contributed by atoms with Gasteiger partial charge >= 0.3 is 18.0 Å². The van der Waals surface area contributed by atoms with Gasteiger partial charge in [-0.3, -0.25) is 9.59 Å². The van der Waals surface area contributed by atoms with Crippen molar-refractivity contribution in [2.45, 2.75) is 18.0 Å². The lowest BCUT2D eigenvalue weighted by Crippen LogP contribution is -2.50. The molecule has 1 heterocycles. The number of halogens is 11. The first-order chi connectivity index (χ1) is 17.9. The topological polar surface area (TPSA) is 62.3 Å². The highest BCUT2D eigenvalue weighted by Crippen LogP contribution is 2.54. The Bertz CT molecular complexity index is 1410. The fraction of sp³-hybridized carbons (Fsp3) is 0.174. The van der Waals surface area contributed by atoms with Crippen molar-refractivity contribution in [3.63, 3.8) is 0 Å². The Morgan fingerprint density at radius 3 is 1.97 bits per heavy atom. The summed E-state index contributed by atoms with van der Waals surface area (Å²) < 4.78 is 107. The van der Waals surface area contributed by atoms with E-state index in [1.165, 1.54) is 37.5 Å². The molecule has 0 aliphatic carbocycles. The third kappa shape index (κ3) is 5.75. The van der Waals surface area contributed by atoms with E-state index in [9.17, 15) is 40.3 Å². The van der Waals surface area contributed by atoms with Gasteiger partial charge in [0.2, 0.25) is 0 Å². The quantitative estimate of drug-likeness (QED) is 0.215. The molecule has 0 fully saturated rings. The molecule has 0 saturated carbocycles. The van der Waals surface area contributed by atoms with Crippen LogP contribution in [0.2, 0.25) is 5.15 Å². The molecule has 1 N–H and O–H groups in total. The summed E-state index contributed by atoms with van der Waals surface area (Å²) in [6.45, 7) is 0. The minimum Gasteiger partial charge on any atom is -0.320 e. The fourth-order valence-corrected chi connectivity index (χ4v) is 4.94. The van der Waals surface area contributed by atoms with Crippen LogP contribution in [0.15, 0.2) is 57.6 Å². The average Bonchev–Trinajstić information content (AvgIpc) is 2.83. The molecular formula is C23H12Br2ClF8N3O2. The molecule has 16 heteroatoms. The van der Waals surface area contributed by atoms with Crippen LogP contribution in [0.5, 0.6) is 0 Å². The summed E-state index contributed by atoms with van der Waals surface area (Å²) in [5.74, 6) is -3.15. The normalized spacial score (nSPS) is 12.3. The number of pyridine rings is 1. The first-order valence-corrected chi connectivity index (χ1v) is 12.2. The highest BCUT2D eigenvalue weighted by atomic mass is 79.9. The Morgan fingerprint density at radius 2 is 1.46 bits per heavy atom. The number of nitrogens with zero attached hydrogens (tertiary/aromatic N) is 2. The van der Waals surface area contributed by atoms with Gasteiger partial charge in [0.05, 0.1) is 22.5 Å². The molecule has 0 atom stereocenters. The number of carbonyl (C=O) groups is 2. The molecule has 0 aliphatic heterocycles. The van der Waals surface area contributed by atoms with Crippen LogP contribution in [0.4, 0.5) is 46.5 Å². The number of amides is 2. The molecule has 0 unspecified atom stereocenters. The van der Waals surface area contributed by atoms with Gasteiger partial charge in [-0.1, -0.05) is 17.7 Å². The molecule has 0 aliphatic rings. The first kappa shape index (κ1) is 30.8. The van der Waals surface area contributed by atoms with E-state index >= 15 is 4.39 Å². The van der Waals surface area contributed by atoms with Crippen LogP contribution in [-0.4, -0.2) is 36.2 Å². The van der Waals surface area contributed by atoms with Gasteiger partial charge in [-0.05, 0) is 68.3 Å². The van der Waals surface area contributed by atoms with Crippen LogP contribution in [0.1, 0.15) is 26.3 Å². The molecule has 2 aromatic carbocycles. The Hall–Kier alpha value is -2.78. The second-order valence-electron chi connectivity index (χ2n) is 7.77. The van der Waals surface area contributed by atoms with Crippen molar-refractivity contribution < 1.29 is 44.7 Å². The lowest BCUT2D eigenvalue weighted by Gasteiger charge is -2.31. The lowest BCUT2D eigenvalue weighted by molar-refractivity contribution is -0.348. The molecule has 3 aromatic rings. The number of aromatic nitrogens is 1. The van der Waals surface area contributed by atoms with E-state index in [4.69, 9.17) is 11.6 Å². The number of carbonyl (C=O) groups excluding carboxylic acids is 2. The van der Waals surface area contributed by atoms with Crippen molar-refractivity contribution in [1.82, 2.24) is 4.98 Å². The predicted octanol–water partition coefficient (Wildman–Crippen LogP) is 8.22. The second-order valence-corrected chi connectivity index (χ2v) is 9.83. The summed E-state index contributed by atoms with van der Waals surface area (Å²) in [6, 6.07) is 6.55. The molecule has 39 heavy (non-hydrogen) atoms. The monoisotopic (exact) mass is 707 g/mol. The lowest BCUT2D eigenvalue weighted by atomic mass is 9.94. The number of alkyl halides is 7. The fourth-order valence-electron chi connectivity index (χ4n) is 3.35. The summed E-state index contributed by atoms with van der Waals surface area (Å²) in [5, 5.41) is 1.98. The SMILES string of the molecule is CN(C(=O)c1cccnc1Cl)c1cccc(C(=O)Nc2c(Br)cc(C(F)(C(F)(F)F)C(F)(F)F)cc2Br)c1F. The second kappa shape index (κ2) is 11.0. The molecule has 3 rings (SSSR count). The maximum absolute atomic E-state index is 15.3. The van der Waals surface area contributed by atoms with Gasteiger partial charge in [-0.2, -0.15) is 26.3 Å². The molecule has 208 valence electrons. The van der Waals surface area contributed by atoms with Crippen molar-refractivity contribution in [3.05, 3.63) is 85.3 Å². The van der Waals surface area contributed by atoms with Gasteiger partial charge in [0, 0.05) is 27.8 Å². The van der Waals surface area contributed by atoms with Crippen molar-refractivity contribution in [2.75, 3.05) is 17.3 Å². The van der Waals surface area contributed by atoms with Gasteiger partial charge < -0.3 is 10.2 Å². The minimum atomic E-state index is -6.36. The Kier molecular flexibility index (Phi) is 8.68. The van der Waals surface area contributed by atoms with Crippen LogP contribution >= 0.6 is 43.5 Å². The Morgan fingerprint density at radius 1 is 0.923 bits per heavy atom. The molecule has 5 nitrogen and oxygen atoms in total. The smallest absolute Gasteiger partial charge is 0.320 e. The highest BCUT2D eigenvalue weighted by molar-refractivity contribution is 9.11. The molecule has 0 bridgehead atoms. The largest absolute Gasteiger partial charge is 0.435 e. The molecule has 0 radical (unpaired) electrons. The first-order valence-electron chi connectivity index (χ1n) is 10.2. The van der Waals surface area contributed by atoms with Crippen LogP contribution in [0, 0.1) is 5.82 Å². The van der Waals surface area contributed by atoms with Crippen molar-refractivity contribution >= 4 is 66.6 Å². The van der Waals surface area contributed by atoms with Gasteiger partial charge in [-0.25, -0.2) is 13.8 Å². The van der Waals surface area contributed by atoms with Gasteiger partial charge in [-0.15, -0.1) is 0 Å². The molecule has 2 amide bonds. The van der Waals surface area contributed by atoms with Crippen molar-refractivity contribution in [3.8, 4) is 0 Å². The number of rotatable bonds is 5. The zero-order chi connectivity index (χ0) is 29.5. The zero-order valence-corrected chi connectivity index (χ0v) is 22.9. The van der Waals surface area contributed by atoms with E-state index < -0.39 is 61.4 Å². The third-order valence-electron chi connectivity index (χ3n) is 5.34. The van der Waals surface area contributed by atoms with E-state index in [0.717, 1.165) is 11.0 Å². The van der Waals surface area contributed by atoms with Crippen LogP contribution < -0.4 is 10.2 Å². The molecule has 0 spiro atoms. The van der Waals surface area contributed by atoms with Crippen LogP contribution in [0.3, 0.4) is 0 Å². The standard InChI is InChI=1S/C23H12Br2ClF8N3O2/c1-37(20(39)12-5-3-7-35-18(12)26)15-6-2-4-11(16(15)27)19(38)36-17-13(24)8-10(9-14(17)25)21(28,22(29,30)31)23(32,33)34/h2-9H,1H3,(H,36,38). The van der Waals surface area contributed by atoms with Gasteiger partial charge in [0.1, 0.15) is 5.15 Å². The Labute approximate surface area is 236 Å². The van der Waals surface area contributed by atoms with E-state index in [2.05, 4.69) is 42.2 Å². The van der Waals surface area contributed by atoms with Gasteiger partial charge in [0.25, 0.3) is 11.8 Å². The zero-order valence-electron chi connectivity index (χ0n) is 19.0. The van der Waals surface area contributed by atoms with Crippen LogP contribution in [0.25, 0.3) is 0 Å². The summed E-state index contributed by atoms with van der Waals surface area (Å²) in [6.07, 6.45) is -11.4. The van der Waals surface area contributed by atoms with E-state index in [0.29, 0.717) is 0 Å². The molecule has 1 aromatic heterocycles. The van der Waals surface area contributed by atoms with E-state index in [-0.39, 0.29) is 28.5 Å². The van der Waals surface area contributed by atoms with Gasteiger partial charge in [0.15, 0.2) is 5.82 Å². The van der Waals surface area contributed by atoms with Crippen molar-refractivity contribution in [1.29, 1.82) is 0 Å². The molecular weight excluding hydrogens is 698 g/mol. The number of hydrogen-bond acceptors (Lipinski definition) is 3. The number of nitrogens with one attached hydrogen (secondary N) is 1. The number of hydrogen-bond donors (Lipinski definition) is 1. The molecule has 0 saturated heterocycles. The van der Waals surface area contributed by atoms with Crippen molar-refractivity contribution in [2.24, 2.45) is 0 Å².